The van der Waals surface area contributed by atoms with E-state index in [0.29, 0.717) is 5.92 Å². The molecule has 18 heavy (non-hydrogen) atoms. The zero-order valence-corrected chi connectivity index (χ0v) is 10.5. The molecule has 3 rings (SSSR count). The molecule has 1 heteroatoms. The average Bonchev–Trinajstić information content (AvgIpc) is 2.44. The van der Waals surface area contributed by atoms with Gasteiger partial charge in [-0.2, -0.15) is 0 Å². The van der Waals surface area contributed by atoms with Gasteiger partial charge in [0.15, 0.2) is 5.78 Å². The molecule has 0 fully saturated rings. The van der Waals surface area contributed by atoms with Crippen LogP contribution in [0.4, 0.5) is 0 Å². The van der Waals surface area contributed by atoms with Crippen molar-refractivity contribution < 1.29 is 4.79 Å². The summed E-state index contributed by atoms with van der Waals surface area (Å²) in [4.78, 5) is 12.6. The topological polar surface area (TPSA) is 17.1 Å². The number of benzene rings is 2. The number of hydrogen-bond acceptors (Lipinski definition) is 1. The average molecular weight is 236 g/mol. The molecule has 2 unspecified atom stereocenters. The molecule has 0 heterocycles. The summed E-state index contributed by atoms with van der Waals surface area (Å²) in [5, 5.41) is 0. The van der Waals surface area contributed by atoms with Gasteiger partial charge in [-0.1, -0.05) is 61.5 Å². The van der Waals surface area contributed by atoms with Crippen molar-refractivity contribution in [2.75, 3.05) is 0 Å². The van der Waals surface area contributed by atoms with E-state index < -0.39 is 0 Å². The second-order valence-corrected chi connectivity index (χ2v) is 5.05. The first-order chi connectivity index (χ1) is 8.77. The maximum Gasteiger partial charge on any atom is 0.170 e. The zero-order valence-electron chi connectivity index (χ0n) is 10.5. The molecular weight excluding hydrogens is 220 g/mol. The molecular formula is C17H16O. The normalized spacial score (nSPS) is 22.6. The van der Waals surface area contributed by atoms with Crippen molar-refractivity contribution in [2.45, 2.75) is 25.2 Å². The van der Waals surface area contributed by atoms with Crippen LogP contribution in [0.1, 0.15) is 46.7 Å². The van der Waals surface area contributed by atoms with Crippen molar-refractivity contribution >= 4 is 5.78 Å². The van der Waals surface area contributed by atoms with Crippen LogP contribution in [0.3, 0.4) is 0 Å². The van der Waals surface area contributed by atoms with E-state index in [4.69, 9.17) is 0 Å². The molecule has 1 nitrogen and oxygen atoms in total. The number of ketones is 1. The molecule has 2 aromatic rings. The van der Waals surface area contributed by atoms with E-state index in [1.54, 1.807) is 0 Å². The van der Waals surface area contributed by atoms with Crippen molar-refractivity contribution in [3.8, 4) is 0 Å². The van der Waals surface area contributed by atoms with E-state index in [0.717, 1.165) is 17.5 Å². The van der Waals surface area contributed by atoms with Gasteiger partial charge in [0.25, 0.3) is 0 Å². The minimum Gasteiger partial charge on any atom is -0.293 e. The van der Waals surface area contributed by atoms with Crippen molar-refractivity contribution in [3.63, 3.8) is 0 Å². The number of hydrogen-bond donors (Lipinski definition) is 0. The summed E-state index contributed by atoms with van der Waals surface area (Å²) >= 11 is 0. The largest absolute Gasteiger partial charge is 0.293 e. The van der Waals surface area contributed by atoms with Crippen LogP contribution in [-0.2, 0) is 0 Å². The molecule has 1 aliphatic carbocycles. The Morgan fingerprint density at radius 2 is 1.61 bits per heavy atom. The zero-order chi connectivity index (χ0) is 12.5. The molecule has 90 valence electrons. The molecule has 0 saturated heterocycles. The Balaban J connectivity index is 2.05. The molecule has 0 N–H and O–H groups in total. The Labute approximate surface area is 107 Å². The predicted octanol–water partition coefficient (Wildman–Crippen LogP) is 4.16. The third kappa shape index (κ3) is 1.76. The quantitative estimate of drug-likeness (QED) is 0.726. The van der Waals surface area contributed by atoms with E-state index in [9.17, 15) is 4.79 Å². The standard InChI is InChI=1S/C17H16O/c1-12-11-16(13-7-3-2-4-8-13)17(18)15-10-6-5-9-14(12)15/h2-10,12,16H,11H2,1H3. The minimum atomic E-state index is 0.0242. The summed E-state index contributed by atoms with van der Waals surface area (Å²) in [5.74, 6) is 0.745. The van der Waals surface area contributed by atoms with Gasteiger partial charge in [0, 0.05) is 11.5 Å². The molecule has 0 aromatic heterocycles. The Hall–Kier alpha value is -1.89. The van der Waals surface area contributed by atoms with E-state index in [-0.39, 0.29) is 11.7 Å². The van der Waals surface area contributed by atoms with Gasteiger partial charge in [0.05, 0.1) is 0 Å². The highest BCUT2D eigenvalue weighted by Gasteiger charge is 2.31. The maximum atomic E-state index is 12.6. The SMILES string of the molecule is CC1CC(c2ccccc2)C(=O)c2ccccc21. The summed E-state index contributed by atoms with van der Waals surface area (Å²) in [6.07, 6.45) is 0.917. The Kier molecular flexibility index (Phi) is 2.75. The van der Waals surface area contributed by atoms with Gasteiger partial charge in [-0.25, -0.2) is 0 Å². The summed E-state index contributed by atoms with van der Waals surface area (Å²) in [7, 11) is 0. The Morgan fingerprint density at radius 3 is 2.39 bits per heavy atom. The minimum absolute atomic E-state index is 0.0242. The first kappa shape index (κ1) is 11.2. The highest BCUT2D eigenvalue weighted by atomic mass is 16.1. The van der Waals surface area contributed by atoms with Gasteiger partial charge < -0.3 is 0 Å². The van der Waals surface area contributed by atoms with E-state index in [1.807, 2.05) is 36.4 Å². The maximum absolute atomic E-state index is 12.6. The van der Waals surface area contributed by atoms with Gasteiger partial charge in [-0.15, -0.1) is 0 Å². The number of carbonyl (C=O) groups is 1. The van der Waals surface area contributed by atoms with Crippen molar-refractivity contribution in [1.29, 1.82) is 0 Å². The van der Waals surface area contributed by atoms with Crippen LogP contribution in [-0.4, -0.2) is 5.78 Å². The number of carbonyl (C=O) groups excluding carboxylic acids is 1. The molecule has 2 atom stereocenters. The second-order valence-electron chi connectivity index (χ2n) is 5.05. The lowest BCUT2D eigenvalue weighted by Gasteiger charge is -2.28. The van der Waals surface area contributed by atoms with Gasteiger partial charge in [-0.3, -0.25) is 4.79 Å². The first-order valence-corrected chi connectivity index (χ1v) is 6.45. The van der Waals surface area contributed by atoms with Gasteiger partial charge in [0.1, 0.15) is 0 Å². The van der Waals surface area contributed by atoms with Gasteiger partial charge in [-0.05, 0) is 23.5 Å². The fraction of sp³-hybridized carbons (Fsp3) is 0.235. The summed E-state index contributed by atoms with van der Waals surface area (Å²) in [6.45, 7) is 2.21. The first-order valence-electron chi connectivity index (χ1n) is 6.45. The molecule has 0 radical (unpaired) electrons. The lowest BCUT2D eigenvalue weighted by Crippen LogP contribution is -2.22. The molecule has 0 aliphatic heterocycles. The van der Waals surface area contributed by atoms with Crippen LogP contribution in [0.15, 0.2) is 54.6 Å². The molecule has 0 amide bonds. The van der Waals surface area contributed by atoms with Crippen molar-refractivity contribution in [2.24, 2.45) is 0 Å². The smallest absolute Gasteiger partial charge is 0.170 e. The van der Waals surface area contributed by atoms with E-state index in [1.165, 1.54) is 5.56 Å². The van der Waals surface area contributed by atoms with Gasteiger partial charge in [0.2, 0.25) is 0 Å². The third-order valence-electron chi connectivity index (χ3n) is 3.86. The van der Waals surface area contributed by atoms with Crippen LogP contribution < -0.4 is 0 Å². The van der Waals surface area contributed by atoms with Gasteiger partial charge >= 0.3 is 0 Å². The Morgan fingerprint density at radius 1 is 0.944 bits per heavy atom. The summed E-state index contributed by atoms with van der Waals surface area (Å²) < 4.78 is 0. The van der Waals surface area contributed by atoms with Crippen LogP contribution in [0.2, 0.25) is 0 Å². The lowest BCUT2D eigenvalue weighted by molar-refractivity contribution is 0.0940. The molecule has 2 aromatic carbocycles. The highest BCUT2D eigenvalue weighted by molar-refractivity contribution is 6.03. The monoisotopic (exact) mass is 236 g/mol. The molecule has 0 saturated carbocycles. The third-order valence-corrected chi connectivity index (χ3v) is 3.86. The Bertz CT molecular complexity index is 571. The van der Waals surface area contributed by atoms with E-state index in [2.05, 4.69) is 25.1 Å². The summed E-state index contributed by atoms with van der Waals surface area (Å²) in [6, 6.07) is 18.1. The second kappa shape index (κ2) is 4.41. The van der Waals surface area contributed by atoms with E-state index >= 15 is 0 Å². The van der Waals surface area contributed by atoms with Crippen LogP contribution >= 0.6 is 0 Å². The van der Waals surface area contributed by atoms with Crippen LogP contribution in [0.5, 0.6) is 0 Å². The number of fused-ring (bicyclic) bond motifs is 1. The van der Waals surface area contributed by atoms with Crippen molar-refractivity contribution in [1.82, 2.24) is 0 Å². The molecule has 0 spiro atoms. The highest BCUT2D eigenvalue weighted by Crippen LogP contribution is 2.39. The van der Waals surface area contributed by atoms with Crippen LogP contribution in [0, 0.1) is 0 Å². The number of Topliss-reactive ketones (excluding diaryl/α,β-unsaturated/α-hetero) is 1. The lowest BCUT2D eigenvalue weighted by atomic mass is 9.74. The molecule has 1 aliphatic rings. The summed E-state index contributed by atoms with van der Waals surface area (Å²) in [5.41, 5.74) is 3.25. The fourth-order valence-corrected chi connectivity index (χ4v) is 2.90. The fourth-order valence-electron chi connectivity index (χ4n) is 2.90. The van der Waals surface area contributed by atoms with Crippen molar-refractivity contribution in [3.05, 3.63) is 71.3 Å². The number of rotatable bonds is 1. The predicted molar refractivity (Wildman–Crippen MR) is 73.0 cm³/mol. The van der Waals surface area contributed by atoms with Crippen LogP contribution in [0.25, 0.3) is 0 Å². The molecule has 0 bridgehead atoms.